The molecule has 14 heavy (non-hydrogen) atoms. The summed E-state index contributed by atoms with van der Waals surface area (Å²) in [5.41, 5.74) is 6.96. The molecule has 1 fully saturated rings. The zero-order chi connectivity index (χ0) is 10.0. The predicted octanol–water partition coefficient (Wildman–Crippen LogP) is 2.74. The maximum absolute atomic E-state index is 8.75. The smallest absolute Gasteiger partial charge is 0.100 e. The van der Waals surface area contributed by atoms with E-state index >= 15 is 0 Å². The first-order chi connectivity index (χ1) is 6.74. The van der Waals surface area contributed by atoms with Crippen LogP contribution in [-0.2, 0) is 5.54 Å². The molecule has 2 N–H and O–H groups in total. The fraction of sp³-hybridized carbons (Fsp3) is 0.545. The van der Waals surface area contributed by atoms with Gasteiger partial charge in [0.1, 0.15) is 6.07 Å². The zero-order valence-electron chi connectivity index (χ0n) is 8.12. The Morgan fingerprint density at radius 2 is 2.07 bits per heavy atom. The van der Waals surface area contributed by atoms with Gasteiger partial charge in [-0.1, -0.05) is 19.3 Å². The van der Waals surface area contributed by atoms with Crippen molar-refractivity contribution in [3.05, 3.63) is 21.9 Å². The van der Waals surface area contributed by atoms with E-state index in [9.17, 15) is 0 Å². The minimum Gasteiger partial charge on any atom is -0.321 e. The third kappa shape index (κ3) is 1.68. The van der Waals surface area contributed by atoms with E-state index in [2.05, 4.69) is 6.07 Å². The van der Waals surface area contributed by atoms with Crippen LogP contribution < -0.4 is 5.73 Å². The minimum atomic E-state index is -0.141. The number of hydrogen-bond donors (Lipinski definition) is 1. The van der Waals surface area contributed by atoms with Crippen molar-refractivity contribution in [3.8, 4) is 6.07 Å². The van der Waals surface area contributed by atoms with Gasteiger partial charge >= 0.3 is 0 Å². The Morgan fingerprint density at radius 1 is 1.36 bits per heavy atom. The molecule has 0 amide bonds. The molecule has 1 heterocycles. The molecule has 1 aliphatic carbocycles. The first-order valence-corrected chi connectivity index (χ1v) is 5.90. The van der Waals surface area contributed by atoms with Gasteiger partial charge in [-0.3, -0.25) is 0 Å². The Bertz CT molecular complexity index is 356. The van der Waals surface area contributed by atoms with Crippen molar-refractivity contribution in [2.45, 2.75) is 37.6 Å². The number of rotatable bonds is 1. The van der Waals surface area contributed by atoms with E-state index in [0.717, 1.165) is 18.4 Å². The number of hydrogen-bond acceptors (Lipinski definition) is 3. The first-order valence-electron chi connectivity index (χ1n) is 5.03. The minimum absolute atomic E-state index is 0.141. The lowest BCUT2D eigenvalue weighted by molar-refractivity contribution is 0.308. The van der Waals surface area contributed by atoms with Gasteiger partial charge in [-0.05, 0) is 18.9 Å². The second-order valence-electron chi connectivity index (χ2n) is 4.03. The van der Waals surface area contributed by atoms with Crippen molar-refractivity contribution < 1.29 is 0 Å². The molecule has 1 aromatic rings. The van der Waals surface area contributed by atoms with Crippen molar-refractivity contribution in [1.29, 1.82) is 5.26 Å². The van der Waals surface area contributed by atoms with Crippen molar-refractivity contribution in [3.63, 3.8) is 0 Å². The van der Waals surface area contributed by atoms with Gasteiger partial charge in [-0.2, -0.15) is 5.26 Å². The molecule has 2 rings (SSSR count). The molecule has 1 saturated carbocycles. The van der Waals surface area contributed by atoms with Crippen LogP contribution in [0.5, 0.6) is 0 Å². The van der Waals surface area contributed by atoms with Gasteiger partial charge in [-0.15, -0.1) is 11.3 Å². The van der Waals surface area contributed by atoms with Crippen molar-refractivity contribution in [2.75, 3.05) is 0 Å². The van der Waals surface area contributed by atoms with Crippen LogP contribution >= 0.6 is 11.3 Å². The van der Waals surface area contributed by atoms with Gasteiger partial charge in [0.25, 0.3) is 0 Å². The number of thiophene rings is 1. The van der Waals surface area contributed by atoms with Crippen LogP contribution in [0.25, 0.3) is 0 Å². The van der Waals surface area contributed by atoms with E-state index in [1.54, 1.807) is 11.3 Å². The molecule has 0 radical (unpaired) electrons. The third-order valence-electron chi connectivity index (χ3n) is 2.97. The van der Waals surface area contributed by atoms with Crippen molar-refractivity contribution in [1.82, 2.24) is 0 Å². The topological polar surface area (TPSA) is 49.8 Å². The normalized spacial score (nSPS) is 20.3. The SMILES string of the molecule is N#Cc1csc(C2(N)CCCCC2)c1. The molecule has 1 aromatic heterocycles. The Balaban J connectivity index is 2.24. The van der Waals surface area contributed by atoms with Gasteiger partial charge in [0.2, 0.25) is 0 Å². The fourth-order valence-corrected chi connectivity index (χ4v) is 3.09. The van der Waals surface area contributed by atoms with Gasteiger partial charge < -0.3 is 5.73 Å². The fourth-order valence-electron chi connectivity index (χ4n) is 2.09. The molecule has 1 aliphatic rings. The number of nitrogens with zero attached hydrogens (tertiary/aromatic N) is 1. The average Bonchev–Trinajstić information content (AvgIpc) is 2.67. The second-order valence-corrected chi connectivity index (χ2v) is 4.94. The van der Waals surface area contributed by atoms with Crippen LogP contribution in [-0.4, -0.2) is 0 Å². The van der Waals surface area contributed by atoms with Crippen LogP contribution in [0, 0.1) is 11.3 Å². The van der Waals surface area contributed by atoms with Crippen molar-refractivity contribution >= 4 is 11.3 Å². The van der Waals surface area contributed by atoms with Crippen LogP contribution in [0.2, 0.25) is 0 Å². The molecule has 3 heteroatoms. The zero-order valence-corrected chi connectivity index (χ0v) is 8.94. The van der Waals surface area contributed by atoms with E-state index < -0.39 is 0 Å². The van der Waals surface area contributed by atoms with E-state index in [0.29, 0.717) is 0 Å². The van der Waals surface area contributed by atoms with E-state index in [1.165, 1.54) is 24.1 Å². The summed E-state index contributed by atoms with van der Waals surface area (Å²) in [4.78, 5) is 1.19. The van der Waals surface area contributed by atoms with Crippen LogP contribution in [0.15, 0.2) is 11.4 Å². The number of nitriles is 1. The molecule has 2 nitrogen and oxygen atoms in total. The van der Waals surface area contributed by atoms with Gasteiger partial charge in [0.15, 0.2) is 0 Å². The van der Waals surface area contributed by atoms with E-state index in [-0.39, 0.29) is 5.54 Å². The summed E-state index contributed by atoms with van der Waals surface area (Å²) in [5, 5.41) is 10.7. The third-order valence-corrected chi connectivity index (χ3v) is 4.12. The molecule has 0 atom stereocenters. The molecule has 0 bridgehead atoms. The Kier molecular flexibility index (Phi) is 2.58. The summed E-state index contributed by atoms with van der Waals surface area (Å²) in [7, 11) is 0. The highest BCUT2D eigenvalue weighted by atomic mass is 32.1. The maximum atomic E-state index is 8.75. The van der Waals surface area contributed by atoms with Gasteiger partial charge in [-0.25, -0.2) is 0 Å². The van der Waals surface area contributed by atoms with Gasteiger partial charge in [0.05, 0.1) is 11.1 Å². The summed E-state index contributed by atoms with van der Waals surface area (Å²) >= 11 is 1.63. The lowest BCUT2D eigenvalue weighted by Crippen LogP contribution is -2.37. The number of nitrogens with two attached hydrogens (primary N) is 1. The Morgan fingerprint density at radius 3 is 2.64 bits per heavy atom. The molecular weight excluding hydrogens is 192 g/mol. The lowest BCUT2D eigenvalue weighted by atomic mass is 9.81. The molecule has 0 aromatic carbocycles. The highest BCUT2D eigenvalue weighted by Gasteiger charge is 2.30. The molecule has 0 unspecified atom stereocenters. The second kappa shape index (κ2) is 3.72. The summed E-state index contributed by atoms with van der Waals surface area (Å²) in [6.07, 6.45) is 5.87. The lowest BCUT2D eigenvalue weighted by Gasteiger charge is -2.32. The quantitative estimate of drug-likeness (QED) is 0.768. The van der Waals surface area contributed by atoms with Crippen LogP contribution in [0.1, 0.15) is 42.5 Å². The Hall–Kier alpha value is -0.850. The summed E-state index contributed by atoms with van der Waals surface area (Å²) in [5.74, 6) is 0. The Labute approximate surface area is 88.4 Å². The molecular formula is C11H14N2S. The highest BCUT2D eigenvalue weighted by molar-refractivity contribution is 7.10. The van der Waals surface area contributed by atoms with Crippen LogP contribution in [0.3, 0.4) is 0 Å². The van der Waals surface area contributed by atoms with E-state index in [4.69, 9.17) is 11.0 Å². The maximum Gasteiger partial charge on any atom is 0.100 e. The predicted molar refractivity (Wildman–Crippen MR) is 58.0 cm³/mol. The van der Waals surface area contributed by atoms with Gasteiger partial charge in [0, 0.05) is 10.3 Å². The average molecular weight is 206 g/mol. The summed E-state index contributed by atoms with van der Waals surface area (Å²) in [6.45, 7) is 0. The van der Waals surface area contributed by atoms with Crippen molar-refractivity contribution in [2.24, 2.45) is 5.73 Å². The summed E-state index contributed by atoms with van der Waals surface area (Å²) < 4.78 is 0. The molecule has 0 aliphatic heterocycles. The molecule has 0 saturated heterocycles. The van der Waals surface area contributed by atoms with E-state index in [1.807, 2.05) is 11.4 Å². The monoisotopic (exact) mass is 206 g/mol. The standard InChI is InChI=1S/C11H14N2S/c12-7-9-6-10(14-8-9)11(13)4-2-1-3-5-11/h6,8H,1-5,13H2. The first kappa shape index (κ1) is 9.70. The highest BCUT2D eigenvalue weighted by Crippen LogP contribution is 2.37. The summed E-state index contributed by atoms with van der Waals surface area (Å²) in [6, 6.07) is 4.11. The molecule has 74 valence electrons. The largest absolute Gasteiger partial charge is 0.321 e. The van der Waals surface area contributed by atoms with Crippen LogP contribution in [0.4, 0.5) is 0 Å². The molecule has 0 spiro atoms.